The number of thioether (sulfide) groups is 1. The first-order valence-corrected chi connectivity index (χ1v) is 9.99. The van der Waals surface area contributed by atoms with E-state index in [0.29, 0.717) is 6.61 Å². The average molecular weight is 339 g/mol. The molecule has 1 aliphatic rings. The van der Waals surface area contributed by atoms with E-state index in [2.05, 4.69) is 28.6 Å². The number of nitrogens with zero attached hydrogens (tertiary/aromatic N) is 1. The van der Waals surface area contributed by atoms with Gasteiger partial charge in [0.15, 0.2) is 0 Å². The highest BCUT2D eigenvalue weighted by atomic mass is 32.2. The Balaban J connectivity index is 1.64. The molecule has 130 valence electrons. The number of nitrogens with one attached hydrogen (secondary N) is 1. The molecular formula is C18H30N2O2S. The van der Waals surface area contributed by atoms with Crippen molar-refractivity contribution in [3.63, 3.8) is 0 Å². The van der Waals surface area contributed by atoms with Crippen LogP contribution in [0.3, 0.4) is 0 Å². The van der Waals surface area contributed by atoms with E-state index in [1.807, 2.05) is 23.9 Å². The first kappa shape index (κ1) is 18.6. The second-order valence-electron chi connectivity index (χ2n) is 6.14. The van der Waals surface area contributed by atoms with E-state index in [4.69, 9.17) is 4.74 Å². The van der Waals surface area contributed by atoms with E-state index in [1.54, 1.807) is 0 Å². The molecule has 1 aromatic rings. The molecule has 1 aliphatic heterocycles. The summed E-state index contributed by atoms with van der Waals surface area (Å²) in [6.45, 7) is 5.21. The van der Waals surface area contributed by atoms with Crippen molar-refractivity contribution in [2.24, 2.45) is 0 Å². The lowest BCUT2D eigenvalue weighted by Gasteiger charge is -2.28. The molecule has 1 fully saturated rings. The van der Waals surface area contributed by atoms with E-state index >= 15 is 0 Å². The Morgan fingerprint density at radius 1 is 1.22 bits per heavy atom. The molecule has 0 saturated carbocycles. The maximum atomic E-state index is 10.1. The Morgan fingerprint density at radius 2 is 1.96 bits per heavy atom. The minimum atomic E-state index is -0.416. The van der Waals surface area contributed by atoms with Gasteiger partial charge in [-0.25, -0.2) is 0 Å². The van der Waals surface area contributed by atoms with Gasteiger partial charge in [-0.15, -0.1) is 0 Å². The molecule has 0 spiro atoms. The quantitative estimate of drug-likeness (QED) is 0.641. The molecule has 0 bridgehead atoms. The fourth-order valence-electron chi connectivity index (χ4n) is 2.80. The maximum Gasteiger partial charge on any atom is 0.119 e. The van der Waals surface area contributed by atoms with Crippen molar-refractivity contribution in [2.45, 2.75) is 31.9 Å². The molecular weight excluding hydrogens is 308 g/mol. The van der Waals surface area contributed by atoms with Crippen molar-refractivity contribution in [2.75, 3.05) is 44.8 Å². The van der Waals surface area contributed by atoms with Crippen LogP contribution >= 0.6 is 11.8 Å². The molecule has 0 aliphatic carbocycles. The van der Waals surface area contributed by atoms with Crippen molar-refractivity contribution in [1.82, 2.24) is 10.2 Å². The van der Waals surface area contributed by atoms with E-state index in [-0.39, 0.29) is 0 Å². The second kappa shape index (κ2) is 10.9. The van der Waals surface area contributed by atoms with Crippen LogP contribution < -0.4 is 10.1 Å². The SMILES string of the molecule is CSCCNCc1ccc(OCC(O)CN2CCCCC2)cc1. The highest BCUT2D eigenvalue weighted by Gasteiger charge is 2.14. The largest absolute Gasteiger partial charge is 0.491 e. The van der Waals surface area contributed by atoms with Crippen LogP contribution in [0, 0.1) is 0 Å². The van der Waals surface area contributed by atoms with Crippen LogP contribution in [0.25, 0.3) is 0 Å². The third-order valence-corrected chi connectivity index (χ3v) is 4.71. The molecule has 2 N–H and O–H groups in total. The van der Waals surface area contributed by atoms with Gasteiger partial charge in [-0.1, -0.05) is 18.6 Å². The molecule has 0 aromatic heterocycles. The summed E-state index contributed by atoms with van der Waals surface area (Å²) >= 11 is 1.85. The molecule has 23 heavy (non-hydrogen) atoms. The Hall–Kier alpha value is -0.750. The number of likely N-dealkylation sites (tertiary alicyclic amines) is 1. The number of benzene rings is 1. The monoisotopic (exact) mass is 338 g/mol. The van der Waals surface area contributed by atoms with E-state index in [1.165, 1.54) is 24.8 Å². The van der Waals surface area contributed by atoms with Crippen molar-refractivity contribution in [3.05, 3.63) is 29.8 Å². The molecule has 0 amide bonds. The fraction of sp³-hybridized carbons (Fsp3) is 0.667. The van der Waals surface area contributed by atoms with Gasteiger partial charge in [-0.3, -0.25) is 0 Å². The van der Waals surface area contributed by atoms with Gasteiger partial charge < -0.3 is 20.1 Å². The zero-order valence-electron chi connectivity index (χ0n) is 14.2. The van der Waals surface area contributed by atoms with Crippen molar-refractivity contribution >= 4 is 11.8 Å². The molecule has 1 saturated heterocycles. The van der Waals surface area contributed by atoms with Gasteiger partial charge in [0.2, 0.25) is 0 Å². The van der Waals surface area contributed by atoms with Crippen molar-refractivity contribution in [3.8, 4) is 5.75 Å². The minimum absolute atomic E-state index is 0.363. The molecule has 1 heterocycles. The van der Waals surface area contributed by atoms with E-state index < -0.39 is 6.10 Å². The van der Waals surface area contributed by atoms with Gasteiger partial charge in [0.1, 0.15) is 18.5 Å². The van der Waals surface area contributed by atoms with E-state index in [0.717, 1.165) is 44.2 Å². The van der Waals surface area contributed by atoms with Crippen LogP contribution in [0.5, 0.6) is 5.75 Å². The summed E-state index contributed by atoms with van der Waals surface area (Å²) in [6.07, 6.45) is 5.52. The zero-order valence-corrected chi connectivity index (χ0v) is 15.0. The average Bonchev–Trinajstić information content (AvgIpc) is 2.59. The van der Waals surface area contributed by atoms with Crippen LogP contribution in [-0.4, -0.2) is 60.9 Å². The van der Waals surface area contributed by atoms with Crippen LogP contribution in [0.4, 0.5) is 0 Å². The Bertz CT molecular complexity index is 422. The normalized spacial score (nSPS) is 17.1. The summed E-state index contributed by atoms with van der Waals surface area (Å²) in [7, 11) is 0. The van der Waals surface area contributed by atoms with Gasteiger partial charge in [0.25, 0.3) is 0 Å². The first-order chi connectivity index (χ1) is 11.3. The summed E-state index contributed by atoms with van der Waals surface area (Å²) in [5.41, 5.74) is 1.26. The number of aliphatic hydroxyl groups is 1. The van der Waals surface area contributed by atoms with Gasteiger partial charge in [-0.05, 0) is 49.9 Å². The summed E-state index contributed by atoms with van der Waals surface area (Å²) in [5, 5.41) is 13.5. The Labute approximate surface area is 144 Å². The number of hydrogen-bond acceptors (Lipinski definition) is 5. The number of rotatable bonds is 10. The molecule has 1 aromatic carbocycles. The van der Waals surface area contributed by atoms with Gasteiger partial charge in [0.05, 0.1) is 0 Å². The van der Waals surface area contributed by atoms with Crippen LogP contribution in [0.2, 0.25) is 0 Å². The number of hydrogen-bond donors (Lipinski definition) is 2. The number of aliphatic hydroxyl groups excluding tert-OH is 1. The lowest BCUT2D eigenvalue weighted by molar-refractivity contribution is 0.0617. The Morgan fingerprint density at radius 3 is 2.65 bits per heavy atom. The molecule has 1 unspecified atom stereocenters. The molecule has 4 nitrogen and oxygen atoms in total. The molecule has 1 atom stereocenters. The van der Waals surface area contributed by atoms with Gasteiger partial charge >= 0.3 is 0 Å². The number of piperidine rings is 1. The van der Waals surface area contributed by atoms with Crippen LogP contribution in [0.1, 0.15) is 24.8 Å². The number of β-amino-alcohol motifs (C(OH)–C–C–N with tert-alkyl or cyclic N) is 1. The summed E-state index contributed by atoms with van der Waals surface area (Å²) in [6, 6.07) is 8.13. The van der Waals surface area contributed by atoms with Crippen molar-refractivity contribution in [1.29, 1.82) is 0 Å². The van der Waals surface area contributed by atoms with E-state index in [9.17, 15) is 5.11 Å². The minimum Gasteiger partial charge on any atom is -0.491 e. The van der Waals surface area contributed by atoms with Gasteiger partial charge in [0, 0.05) is 25.4 Å². The highest BCUT2D eigenvalue weighted by Crippen LogP contribution is 2.13. The highest BCUT2D eigenvalue weighted by molar-refractivity contribution is 7.98. The second-order valence-corrected chi connectivity index (χ2v) is 7.13. The fourth-order valence-corrected chi connectivity index (χ4v) is 3.14. The predicted molar refractivity (Wildman–Crippen MR) is 98.3 cm³/mol. The zero-order chi connectivity index (χ0) is 16.3. The van der Waals surface area contributed by atoms with Crippen LogP contribution in [0.15, 0.2) is 24.3 Å². The van der Waals surface area contributed by atoms with Crippen molar-refractivity contribution < 1.29 is 9.84 Å². The predicted octanol–water partition coefficient (Wildman–Crippen LogP) is 2.36. The number of ether oxygens (including phenoxy) is 1. The third-order valence-electron chi connectivity index (χ3n) is 4.10. The molecule has 0 radical (unpaired) electrons. The summed E-state index contributed by atoms with van der Waals surface area (Å²) < 4.78 is 5.71. The lowest BCUT2D eigenvalue weighted by atomic mass is 10.1. The topological polar surface area (TPSA) is 44.7 Å². The smallest absolute Gasteiger partial charge is 0.119 e. The standard InChI is InChI=1S/C18H30N2O2S/c1-23-12-9-19-13-16-5-7-18(8-6-16)22-15-17(21)14-20-10-3-2-4-11-20/h5-8,17,19,21H,2-4,9-15H2,1H3. The molecule has 2 rings (SSSR count). The molecule has 5 heteroatoms. The van der Waals surface area contributed by atoms with Crippen LogP contribution in [-0.2, 0) is 6.54 Å². The van der Waals surface area contributed by atoms with Gasteiger partial charge in [-0.2, -0.15) is 11.8 Å². The summed E-state index contributed by atoms with van der Waals surface area (Å²) in [5.74, 6) is 1.96. The first-order valence-electron chi connectivity index (χ1n) is 8.60. The summed E-state index contributed by atoms with van der Waals surface area (Å²) in [4.78, 5) is 2.33. The lowest BCUT2D eigenvalue weighted by Crippen LogP contribution is -2.38. The third kappa shape index (κ3) is 7.57. The Kier molecular flexibility index (Phi) is 8.82. The maximum absolute atomic E-state index is 10.1.